The van der Waals surface area contributed by atoms with Crippen molar-refractivity contribution in [2.45, 2.75) is 334 Å². The number of likely N-dealkylation sites (tertiary alicyclic amines) is 1. The third-order valence-electron chi connectivity index (χ3n) is 24.1. The molecule has 1 aliphatic carbocycles. The fourth-order valence-corrected chi connectivity index (χ4v) is 40.8. The molecule has 2 aliphatic rings. The number of hydrogen-bond donors (Lipinski definition) is 5. The first-order valence-corrected chi connectivity index (χ1v) is 48.9. The maximum Gasteiger partial charge on any atom is 0.416 e. The number of alkyl carbamates (subject to hydrolysis) is 1. The molecule has 22 heteroatoms. The second-order valence-electron chi connectivity index (χ2n) is 34.5. The second-order valence-corrected chi connectivity index (χ2v) is 56.0. The normalized spacial score (nSPS) is 17.6. The lowest BCUT2D eigenvalue weighted by atomic mass is 9.83. The van der Waals surface area contributed by atoms with E-state index in [4.69, 9.17) is 32.6 Å². The summed E-state index contributed by atoms with van der Waals surface area (Å²) in [7, 11) is -9.99. The summed E-state index contributed by atoms with van der Waals surface area (Å²) in [5, 5.41) is 29.1. The van der Waals surface area contributed by atoms with E-state index in [9.17, 15) is 14.7 Å². The Morgan fingerprint density at radius 1 is 0.514 bits per heavy atom. The van der Waals surface area contributed by atoms with Gasteiger partial charge in [-0.2, -0.15) is 0 Å². The lowest BCUT2D eigenvalue weighted by molar-refractivity contribution is -0.145. The van der Waals surface area contributed by atoms with E-state index < -0.39 is 106 Å². The molecule has 18 nitrogen and oxygen atoms in total. The predicted octanol–water partition coefficient (Wildman–Crippen LogP) is 19.7. The number of amides is 5. The van der Waals surface area contributed by atoms with Crippen molar-refractivity contribution in [3.05, 3.63) is 131 Å². The average molecular weight is 1550 g/mol. The fraction of sp³-hybridized carbons (Fsp3) is 0.647. The van der Waals surface area contributed by atoms with Gasteiger partial charge in [-0.1, -0.05) is 251 Å². The average Bonchev–Trinajstić information content (AvgIpc) is 1.69. The lowest BCUT2D eigenvalue weighted by Gasteiger charge is -2.47. The number of aliphatic hydroxyl groups is 1. The second kappa shape index (κ2) is 40.2. The van der Waals surface area contributed by atoms with Crippen LogP contribution in [-0.2, 0) is 58.8 Å². The van der Waals surface area contributed by atoms with Crippen LogP contribution in [0.15, 0.2) is 109 Å². The molecule has 0 unspecified atom stereocenters. The first-order chi connectivity index (χ1) is 50.3. The summed E-state index contributed by atoms with van der Waals surface area (Å²) < 4.78 is 40.7. The van der Waals surface area contributed by atoms with Crippen LogP contribution in [0, 0.1) is 11.3 Å². The number of rotatable bonds is 38. The maximum absolute atomic E-state index is 16.9. The summed E-state index contributed by atoms with van der Waals surface area (Å²) in [4.78, 5) is 78.6. The monoisotopic (exact) mass is 1550 g/mol. The summed E-state index contributed by atoms with van der Waals surface area (Å²) >= 11 is 0. The molecule has 2 fully saturated rings. The van der Waals surface area contributed by atoms with Gasteiger partial charge in [0.2, 0.25) is 40.3 Å². The van der Waals surface area contributed by atoms with Gasteiger partial charge in [-0.25, -0.2) is 14.5 Å². The number of nitrogens with one attached hydrogen (secondary N) is 4. The van der Waals surface area contributed by atoms with E-state index in [-0.39, 0.29) is 74.1 Å². The van der Waals surface area contributed by atoms with Crippen LogP contribution in [0.2, 0.25) is 66.5 Å². The molecule has 6 rings (SSSR count). The standard InChI is InChI=1S/C85H138N6O12Si4/c1-55(2)104(56(3)4,57(5)6)100-73-42-37-67(38-43-73)48-76(88-81(94)79(103-107(64(19)20,65(21)22)66(23)24)49-68-39-44-74(45-40-68)101-105(58(7)8,59(9)10)60(11)12)82(95)91-77-51-75(102-106(61(13)14,62(15)16)63(17)18)46-41-71(77)50-78(91)80(93)87-72(52-92)36-31-47-90(85(97)99-54-70-34-29-26-30-35-70)83(86)89-84(96)98-53-69-32-27-25-28-33-69/h25-30,32-35,37-40,42-45,55-66,71-72,75-79,92H,31,36,41,46-54H2,1-24H3,(H,87,93)(H,88,94)(H2,86,89,96)/t71-,72-,75+,76+,77-,78-,79+/m0/s1. The van der Waals surface area contributed by atoms with Crippen LogP contribution in [0.5, 0.6) is 11.5 Å². The Labute approximate surface area is 648 Å². The molecule has 5 amide bonds. The highest BCUT2D eigenvalue weighted by molar-refractivity contribution is 6.79. The molecule has 0 radical (unpaired) electrons. The van der Waals surface area contributed by atoms with Gasteiger partial charge in [0.05, 0.1) is 12.6 Å². The number of carbonyl (C=O) groups excluding carboxylic acids is 5. The van der Waals surface area contributed by atoms with E-state index in [1.165, 1.54) is 0 Å². The molecule has 0 aromatic heterocycles. The number of nitrogens with zero attached hydrogens (tertiary/aromatic N) is 2. The third kappa shape index (κ3) is 21.9. The molecule has 0 spiro atoms. The minimum Gasteiger partial charge on any atom is -0.543 e. The van der Waals surface area contributed by atoms with Crippen LogP contribution in [0.25, 0.3) is 0 Å². The van der Waals surface area contributed by atoms with E-state index in [0.29, 0.717) is 74.7 Å². The number of carbonyl (C=O) groups is 5. The molecule has 0 bridgehead atoms. The number of fused-ring (bicyclic) bond motifs is 1. The van der Waals surface area contributed by atoms with Crippen LogP contribution < -0.4 is 24.8 Å². The zero-order chi connectivity index (χ0) is 79.6. The quantitative estimate of drug-likeness (QED) is 0.0160. The summed E-state index contributed by atoms with van der Waals surface area (Å²) in [6.45, 7) is 53.4. The molecule has 1 saturated carbocycles. The van der Waals surface area contributed by atoms with Crippen molar-refractivity contribution in [2.75, 3.05) is 13.2 Å². The smallest absolute Gasteiger partial charge is 0.416 e. The molecule has 1 aliphatic heterocycles. The summed E-state index contributed by atoms with van der Waals surface area (Å²) in [5.74, 6) is -0.382. The van der Waals surface area contributed by atoms with E-state index in [0.717, 1.165) is 39.5 Å². The zero-order valence-electron chi connectivity index (χ0n) is 69.7. The highest BCUT2D eigenvalue weighted by atomic mass is 28.4. The third-order valence-corrected chi connectivity index (χ3v) is 48.3. The van der Waals surface area contributed by atoms with Gasteiger partial charge in [-0.15, -0.1) is 0 Å². The molecule has 5 N–H and O–H groups in total. The number of ether oxygens (including phenoxy) is 2. The van der Waals surface area contributed by atoms with Gasteiger partial charge in [-0.05, 0) is 157 Å². The summed E-state index contributed by atoms with van der Waals surface area (Å²) in [5.41, 5.74) is 6.49. The van der Waals surface area contributed by atoms with Crippen LogP contribution in [0.1, 0.15) is 227 Å². The van der Waals surface area contributed by atoms with Gasteiger partial charge in [0, 0.05) is 31.5 Å². The Morgan fingerprint density at radius 2 is 0.944 bits per heavy atom. The molecule has 7 atom stereocenters. The van der Waals surface area contributed by atoms with Crippen molar-refractivity contribution in [1.82, 2.24) is 25.8 Å². The summed E-state index contributed by atoms with van der Waals surface area (Å²) in [6, 6.07) is 30.8. The molecule has 4 aromatic carbocycles. The van der Waals surface area contributed by atoms with Crippen molar-refractivity contribution in [2.24, 2.45) is 5.92 Å². The van der Waals surface area contributed by atoms with Crippen LogP contribution >= 0.6 is 0 Å². The molecule has 107 heavy (non-hydrogen) atoms. The topological polar surface area (TPSA) is 227 Å². The molecule has 596 valence electrons. The van der Waals surface area contributed by atoms with Crippen LogP contribution in [0.3, 0.4) is 0 Å². The Balaban J connectivity index is 1.44. The number of aliphatic hydroxyl groups excluding tert-OH is 1. The predicted molar refractivity (Wildman–Crippen MR) is 443 cm³/mol. The Morgan fingerprint density at radius 3 is 1.37 bits per heavy atom. The van der Waals surface area contributed by atoms with Crippen molar-refractivity contribution in [3.63, 3.8) is 0 Å². The number of hydrogen-bond acceptors (Lipinski definition) is 13. The van der Waals surface area contributed by atoms with E-state index in [1.807, 2.05) is 72.8 Å². The van der Waals surface area contributed by atoms with E-state index in [2.05, 4.69) is 194 Å². The summed E-state index contributed by atoms with van der Waals surface area (Å²) in [6.07, 6.45) is -0.183. The highest BCUT2D eigenvalue weighted by Crippen LogP contribution is 2.50. The van der Waals surface area contributed by atoms with Gasteiger partial charge in [0.15, 0.2) is 0 Å². The highest BCUT2D eigenvalue weighted by Gasteiger charge is 2.55. The molecular weight excluding hydrogens is 1410 g/mol. The van der Waals surface area contributed by atoms with Gasteiger partial charge < -0.3 is 47.8 Å². The lowest BCUT2D eigenvalue weighted by Crippen LogP contribution is -2.60. The van der Waals surface area contributed by atoms with Crippen LogP contribution in [-0.4, -0.2) is 134 Å². The van der Waals surface area contributed by atoms with E-state index >= 15 is 14.4 Å². The maximum atomic E-state index is 16.9. The first-order valence-electron chi connectivity index (χ1n) is 40.3. The fourth-order valence-electron chi connectivity index (χ4n) is 19.2. The molecule has 1 saturated heterocycles. The minimum absolute atomic E-state index is 0.0694. The largest absolute Gasteiger partial charge is 0.543 e. The SMILES string of the molecule is CC(C)[Si](Oc1ccc(C[C@@H](NC(=O)[C@@H](Cc2ccc(O[Si](C(C)C)(C(C)C)C(C)C)cc2)O[Si](C(C)C)(C(C)C)C(C)C)C(=O)N2[C@H](C(=O)N[C@H](CO)CCCN(C(=N)NC(=O)OCc3ccccc3)C(=O)OCc3ccccc3)C[C@@H]3CC[C@@H](O[Si](C(C)C)(C(C)C)C(C)C)C[C@@H]32)cc1)(C(C)C)C(C)C. The van der Waals surface area contributed by atoms with Crippen molar-refractivity contribution < 1.29 is 56.3 Å². The number of benzene rings is 4. The Bertz CT molecular complexity index is 3360. The Kier molecular flexibility index (Phi) is 33.7. The van der Waals surface area contributed by atoms with Gasteiger partial charge >= 0.3 is 12.2 Å². The molecule has 4 aromatic rings. The molecular formula is C85H138N6O12Si4. The van der Waals surface area contributed by atoms with E-state index in [1.54, 1.807) is 29.2 Å². The van der Waals surface area contributed by atoms with Crippen molar-refractivity contribution >= 4 is 69.1 Å². The van der Waals surface area contributed by atoms with Crippen molar-refractivity contribution in [3.8, 4) is 11.5 Å². The number of guanidine groups is 1. The van der Waals surface area contributed by atoms with Crippen molar-refractivity contribution in [1.29, 1.82) is 5.41 Å². The van der Waals surface area contributed by atoms with Gasteiger partial charge in [0.25, 0.3) is 16.6 Å². The van der Waals surface area contributed by atoms with Gasteiger partial charge in [0.1, 0.15) is 42.9 Å². The minimum atomic E-state index is -2.83. The Hall–Kier alpha value is -6.15. The van der Waals surface area contributed by atoms with Crippen LogP contribution in [0.4, 0.5) is 9.59 Å². The molecule has 1 heterocycles. The zero-order valence-corrected chi connectivity index (χ0v) is 73.7. The van der Waals surface area contributed by atoms with Gasteiger partial charge in [-0.3, -0.25) is 25.1 Å². The first kappa shape index (κ1) is 89.7.